The van der Waals surface area contributed by atoms with Gasteiger partial charge >= 0.3 is 0 Å². The smallest absolute Gasteiger partial charge is 0.241 e. The van der Waals surface area contributed by atoms with E-state index in [1.165, 1.54) is 0 Å². The number of anilines is 1. The van der Waals surface area contributed by atoms with Gasteiger partial charge in [-0.2, -0.15) is 0 Å². The van der Waals surface area contributed by atoms with Crippen molar-refractivity contribution in [1.29, 1.82) is 0 Å². The van der Waals surface area contributed by atoms with Gasteiger partial charge < -0.3 is 4.90 Å². The minimum atomic E-state index is -0.109. The zero-order valence-corrected chi connectivity index (χ0v) is 10.6. The summed E-state index contributed by atoms with van der Waals surface area (Å²) in [5.74, 6) is -0.260. The Balaban J connectivity index is 2.32. The number of ketones is 1. The molecule has 1 aromatic rings. The number of alkyl halides is 2. The molecule has 0 N–H and O–H groups in total. The molecule has 0 aromatic heterocycles. The standard InChI is InChI=1S/C12H11Cl2NO2/c13-6-11(16)9-1-2-10-8(5-9)3-4-15(10)12(17)7-14/h1-2,5H,3-4,6-7H2. The fourth-order valence-corrected chi connectivity index (χ4v) is 2.28. The maximum atomic E-state index is 11.6. The Bertz CT molecular complexity index is 474. The molecule has 0 spiro atoms. The molecule has 0 fully saturated rings. The number of halogens is 2. The van der Waals surface area contributed by atoms with Gasteiger partial charge in [-0.25, -0.2) is 0 Å². The van der Waals surface area contributed by atoms with Crippen molar-refractivity contribution in [2.24, 2.45) is 0 Å². The molecule has 0 saturated carbocycles. The van der Waals surface area contributed by atoms with Gasteiger partial charge in [0.25, 0.3) is 0 Å². The molecule has 0 radical (unpaired) electrons. The molecular formula is C12H11Cl2NO2. The average Bonchev–Trinajstić information content (AvgIpc) is 2.79. The van der Waals surface area contributed by atoms with Crippen LogP contribution in [0.3, 0.4) is 0 Å². The van der Waals surface area contributed by atoms with E-state index in [4.69, 9.17) is 23.2 Å². The average molecular weight is 272 g/mol. The van der Waals surface area contributed by atoms with Crippen molar-refractivity contribution in [3.63, 3.8) is 0 Å². The summed E-state index contributed by atoms with van der Waals surface area (Å²) in [5, 5.41) is 0. The van der Waals surface area contributed by atoms with Crippen LogP contribution in [0.15, 0.2) is 18.2 Å². The van der Waals surface area contributed by atoms with E-state index >= 15 is 0 Å². The number of hydrogen-bond acceptors (Lipinski definition) is 2. The zero-order valence-electron chi connectivity index (χ0n) is 9.08. The van der Waals surface area contributed by atoms with Crippen LogP contribution >= 0.6 is 23.2 Å². The molecule has 1 heterocycles. The lowest BCUT2D eigenvalue weighted by atomic mass is 10.1. The molecule has 2 rings (SSSR count). The van der Waals surface area contributed by atoms with Crippen LogP contribution in [0.25, 0.3) is 0 Å². The molecule has 1 aliphatic heterocycles. The van der Waals surface area contributed by atoms with Gasteiger partial charge in [0.2, 0.25) is 5.91 Å². The maximum Gasteiger partial charge on any atom is 0.241 e. The molecule has 5 heteroatoms. The van der Waals surface area contributed by atoms with Gasteiger partial charge in [-0.3, -0.25) is 9.59 Å². The highest BCUT2D eigenvalue weighted by Gasteiger charge is 2.24. The number of fused-ring (bicyclic) bond motifs is 1. The number of amides is 1. The molecular weight excluding hydrogens is 261 g/mol. The van der Waals surface area contributed by atoms with E-state index in [1.807, 2.05) is 6.07 Å². The number of carbonyl (C=O) groups excluding carboxylic acids is 2. The van der Waals surface area contributed by atoms with Crippen molar-refractivity contribution in [2.75, 3.05) is 23.2 Å². The van der Waals surface area contributed by atoms with Gasteiger partial charge in [0.05, 0.1) is 5.88 Å². The van der Waals surface area contributed by atoms with Crippen LogP contribution in [0.4, 0.5) is 5.69 Å². The first-order valence-corrected chi connectivity index (χ1v) is 6.32. The van der Waals surface area contributed by atoms with Crippen LogP contribution in [0, 0.1) is 0 Å². The van der Waals surface area contributed by atoms with E-state index in [0.717, 1.165) is 17.7 Å². The molecule has 90 valence electrons. The Morgan fingerprint density at radius 2 is 2.00 bits per heavy atom. The second-order valence-corrected chi connectivity index (χ2v) is 4.36. The van der Waals surface area contributed by atoms with Crippen LogP contribution in [-0.2, 0) is 11.2 Å². The largest absolute Gasteiger partial charge is 0.311 e. The fraction of sp³-hybridized carbons (Fsp3) is 0.333. The predicted molar refractivity (Wildman–Crippen MR) is 68.3 cm³/mol. The second-order valence-electron chi connectivity index (χ2n) is 3.83. The van der Waals surface area contributed by atoms with Crippen molar-refractivity contribution in [1.82, 2.24) is 0 Å². The van der Waals surface area contributed by atoms with E-state index in [-0.39, 0.29) is 23.5 Å². The van der Waals surface area contributed by atoms with Crippen LogP contribution in [-0.4, -0.2) is 30.0 Å². The molecule has 1 amide bonds. The number of hydrogen-bond donors (Lipinski definition) is 0. The van der Waals surface area contributed by atoms with Gasteiger partial charge in [0, 0.05) is 17.8 Å². The van der Waals surface area contributed by atoms with Gasteiger partial charge in [-0.1, -0.05) is 0 Å². The van der Waals surface area contributed by atoms with Crippen molar-refractivity contribution in [3.05, 3.63) is 29.3 Å². The maximum absolute atomic E-state index is 11.6. The first-order chi connectivity index (χ1) is 8.17. The molecule has 0 unspecified atom stereocenters. The summed E-state index contributed by atoms with van der Waals surface area (Å²) < 4.78 is 0. The summed E-state index contributed by atoms with van der Waals surface area (Å²) in [5.41, 5.74) is 2.44. The zero-order chi connectivity index (χ0) is 12.4. The van der Waals surface area contributed by atoms with E-state index in [9.17, 15) is 9.59 Å². The molecule has 17 heavy (non-hydrogen) atoms. The quantitative estimate of drug-likeness (QED) is 0.625. The third-order valence-electron chi connectivity index (χ3n) is 2.83. The first-order valence-electron chi connectivity index (χ1n) is 5.25. The third-order valence-corrected chi connectivity index (χ3v) is 3.31. The van der Waals surface area contributed by atoms with Gasteiger partial charge in [0.15, 0.2) is 5.78 Å². The molecule has 1 aromatic carbocycles. The summed E-state index contributed by atoms with van der Waals surface area (Å²) in [4.78, 5) is 24.7. The Morgan fingerprint density at radius 1 is 1.24 bits per heavy atom. The number of benzene rings is 1. The van der Waals surface area contributed by atoms with Crippen LogP contribution in [0.1, 0.15) is 15.9 Å². The van der Waals surface area contributed by atoms with Gasteiger partial charge in [0.1, 0.15) is 5.88 Å². The number of carbonyl (C=O) groups is 2. The van der Waals surface area contributed by atoms with Gasteiger partial charge in [-0.15, -0.1) is 23.2 Å². The third kappa shape index (κ3) is 2.31. The Labute approximate surface area is 109 Å². The summed E-state index contributed by atoms with van der Waals surface area (Å²) in [6, 6.07) is 5.29. The topological polar surface area (TPSA) is 37.4 Å². The van der Waals surface area contributed by atoms with Crippen LogP contribution in [0.2, 0.25) is 0 Å². The monoisotopic (exact) mass is 271 g/mol. The molecule has 1 aliphatic rings. The summed E-state index contributed by atoms with van der Waals surface area (Å²) >= 11 is 11.0. The highest BCUT2D eigenvalue weighted by molar-refractivity contribution is 6.30. The number of nitrogens with zero attached hydrogens (tertiary/aromatic N) is 1. The molecule has 0 bridgehead atoms. The highest BCUT2D eigenvalue weighted by Crippen LogP contribution is 2.29. The minimum absolute atomic E-state index is 0.0247. The predicted octanol–water partition coefficient (Wildman–Crippen LogP) is 2.24. The highest BCUT2D eigenvalue weighted by atomic mass is 35.5. The van der Waals surface area contributed by atoms with Crippen molar-refractivity contribution >= 4 is 40.6 Å². The normalized spacial score (nSPS) is 13.6. The fourth-order valence-electron chi connectivity index (χ4n) is 1.98. The minimum Gasteiger partial charge on any atom is -0.311 e. The first kappa shape index (κ1) is 12.4. The van der Waals surface area contributed by atoms with Crippen molar-refractivity contribution < 1.29 is 9.59 Å². The molecule has 0 aliphatic carbocycles. The van der Waals surface area contributed by atoms with Crippen molar-refractivity contribution in [3.8, 4) is 0 Å². The van der Waals surface area contributed by atoms with Gasteiger partial charge in [-0.05, 0) is 30.2 Å². The van der Waals surface area contributed by atoms with E-state index in [2.05, 4.69) is 0 Å². The molecule has 0 saturated heterocycles. The Morgan fingerprint density at radius 3 is 2.65 bits per heavy atom. The lowest BCUT2D eigenvalue weighted by Crippen LogP contribution is -2.29. The van der Waals surface area contributed by atoms with Crippen molar-refractivity contribution in [2.45, 2.75) is 6.42 Å². The summed E-state index contributed by atoms with van der Waals surface area (Å²) in [6.45, 7) is 0.624. The lowest BCUT2D eigenvalue weighted by molar-refractivity contribution is -0.116. The van der Waals surface area contributed by atoms with E-state index in [1.54, 1.807) is 17.0 Å². The summed E-state index contributed by atoms with van der Waals surface area (Å²) in [7, 11) is 0. The lowest BCUT2D eigenvalue weighted by Gasteiger charge is -2.15. The molecule has 0 atom stereocenters. The number of Topliss-reactive ketones (excluding diaryl/α,β-unsaturated/α-hetero) is 1. The van der Waals surface area contributed by atoms with E-state index in [0.29, 0.717) is 12.1 Å². The van der Waals surface area contributed by atoms with Crippen LogP contribution < -0.4 is 4.90 Å². The second kappa shape index (κ2) is 5.07. The Kier molecular flexibility index (Phi) is 3.69. The number of rotatable bonds is 3. The Hall–Kier alpha value is -1.06. The summed E-state index contributed by atoms with van der Waals surface area (Å²) in [6.07, 6.45) is 0.751. The SMILES string of the molecule is O=C(CCl)c1ccc2c(c1)CCN2C(=O)CCl. The molecule has 3 nitrogen and oxygen atoms in total. The van der Waals surface area contributed by atoms with E-state index < -0.39 is 0 Å². The van der Waals surface area contributed by atoms with Crippen LogP contribution in [0.5, 0.6) is 0 Å².